The molecular formula is C11H5BrClIO2. The molecule has 0 atom stereocenters. The summed E-state index contributed by atoms with van der Waals surface area (Å²) in [6, 6.07) is 6.87. The van der Waals surface area contributed by atoms with Gasteiger partial charge in [-0.1, -0.05) is 11.6 Å². The van der Waals surface area contributed by atoms with Gasteiger partial charge in [0.15, 0.2) is 5.76 Å². The molecule has 0 aliphatic heterocycles. The van der Waals surface area contributed by atoms with Crippen LogP contribution in [0.3, 0.4) is 0 Å². The molecule has 0 unspecified atom stereocenters. The quantitative estimate of drug-likeness (QED) is 0.537. The summed E-state index contributed by atoms with van der Waals surface area (Å²) in [4.78, 5) is 12.1. The first-order valence-corrected chi connectivity index (χ1v) is 6.57. The summed E-state index contributed by atoms with van der Waals surface area (Å²) < 4.78 is 6.62. The molecule has 5 heteroatoms. The van der Waals surface area contributed by atoms with Gasteiger partial charge in [0.1, 0.15) is 0 Å². The van der Waals surface area contributed by atoms with Crippen LogP contribution in [0.4, 0.5) is 0 Å². The molecule has 0 radical (unpaired) electrons. The Morgan fingerprint density at radius 1 is 1.38 bits per heavy atom. The van der Waals surface area contributed by atoms with Crippen molar-refractivity contribution in [3.8, 4) is 0 Å². The molecule has 2 aromatic rings. The lowest BCUT2D eigenvalue weighted by atomic mass is 10.1. The highest BCUT2D eigenvalue weighted by atomic mass is 127. The summed E-state index contributed by atoms with van der Waals surface area (Å²) in [5.74, 6) is 0.115. The standard InChI is InChI=1S/C11H5BrClIO2/c12-8-3-4-16-11(8)10(15)7-5-6(13)1-2-9(7)14/h1-5H. The molecule has 2 nitrogen and oxygen atoms in total. The average Bonchev–Trinajstić information content (AvgIpc) is 2.67. The summed E-state index contributed by atoms with van der Waals surface area (Å²) in [5, 5.41) is 0.534. The maximum absolute atomic E-state index is 12.1. The van der Waals surface area contributed by atoms with Gasteiger partial charge in [0.05, 0.1) is 10.7 Å². The van der Waals surface area contributed by atoms with Crippen LogP contribution in [0, 0.1) is 3.57 Å². The number of ketones is 1. The molecule has 0 fully saturated rings. The van der Waals surface area contributed by atoms with Gasteiger partial charge in [0.25, 0.3) is 0 Å². The van der Waals surface area contributed by atoms with E-state index in [-0.39, 0.29) is 5.78 Å². The minimum Gasteiger partial charge on any atom is -0.460 e. The number of benzene rings is 1. The van der Waals surface area contributed by atoms with Gasteiger partial charge >= 0.3 is 0 Å². The van der Waals surface area contributed by atoms with Crippen molar-refractivity contribution < 1.29 is 9.21 Å². The van der Waals surface area contributed by atoms with E-state index in [2.05, 4.69) is 38.5 Å². The van der Waals surface area contributed by atoms with E-state index in [0.29, 0.717) is 20.8 Å². The summed E-state index contributed by atoms with van der Waals surface area (Å²) in [6.07, 6.45) is 1.47. The number of hydrogen-bond donors (Lipinski definition) is 0. The fraction of sp³-hybridized carbons (Fsp3) is 0. The van der Waals surface area contributed by atoms with Crippen molar-refractivity contribution in [3.63, 3.8) is 0 Å². The molecule has 0 amide bonds. The summed E-state index contributed by atoms with van der Waals surface area (Å²) >= 11 is 11.2. The third kappa shape index (κ3) is 2.33. The predicted octanol–water partition coefficient (Wildman–Crippen LogP) is 4.53. The molecule has 16 heavy (non-hydrogen) atoms. The fourth-order valence-electron chi connectivity index (χ4n) is 1.25. The Morgan fingerprint density at radius 3 is 2.75 bits per heavy atom. The van der Waals surface area contributed by atoms with Crippen LogP contribution in [0.15, 0.2) is 39.4 Å². The molecule has 0 aliphatic carbocycles. The van der Waals surface area contributed by atoms with Gasteiger partial charge in [0.2, 0.25) is 5.78 Å². The van der Waals surface area contributed by atoms with E-state index in [1.165, 1.54) is 6.26 Å². The highest BCUT2D eigenvalue weighted by molar-refractivity contribution is 14.1. The van der Waals surface area contributed by atoms with E-state index < -0.39 is 0 Å². The van der Waals surface area contributed by atoms with Gasteiger partial charge in [0, 0.05) is 14.2 Å². The summed E-state index contributed by atoms with van der Waals surface area (Å²) in [5.41, 5.74) is 0.545. The molecule has 1 aromatic carbocycles. The van der Waals surface area contributed by atoms with Crippen molar-refractivity contribution >= 4 is 55.9 Å². The van der Waals surface area contributed by atoms with E-state index in [4.69, 9.17) is 16.0 Å². The number of carbonyl (C=O) groups excluding carboxylic acids is 1. The molecular weight excluding hydrogens is 406 g/mol. The Kier molecular flexibility index (Phi) is 3.71. The van der Waals surface area contributed by atoms with Crippen LogP contribution in [0.5, 0.6) is 0 Å². The number of halogens is 3. The van der Waals surface area contributed by atoms with Crippen molar-refractivity contribution in [3.05, 3.63) is 54.9 Å². The van der Waals surface area contributed by atoms with Crippen LogP contribution >= 0.6 is 50.1 Å². The molecule has 2 rings (SSSR count). The summed E-state index contributed by atoms with van der Waals surface area (Å²) in [6.45, 7) is 0. The van der Waals surface area contributed by atoms with Crippen molar-refractivity contribution in [2.45, 2.75) is 0 Å². The Morgan fingerprint density at radius 2 is 2.12 bits per heavy atom. The molecule has 82 valence electrons. The molecule has 0 aliphatic rings. The topological polar surface area (TPSA) is 30.2 Å². The van der Waals surface area contributed by atoms with E-state index >= 15 is 0 Å². The molecule has 0 spiro atoms. The average molecular weight is 411 g/mol. The molecule has 0 bridgehead atoms. The van der Waals surface area contributed by atoms with Crippen LogP contribution in [0.1, 0.15) is 16.1 Å². The number of carbonyl (C=O) groups is 1. The molecule has 0 saturated carbocycles. The SMILES string of the molecule is O=C(c1cc(Cl)ccc1I)c1occc1Br. The molecule has 0 saturated heterocycles. The van der Waals surface area contributed by atoms with Crippen LogP contribution < -0.4 is 0 Å². The van der Waals surface area contributed by atoms with Crippen LogP contribution in [-0.4, -0.2) is 5.78 Å². The van der Waals surface area contributed by atoms with Crippen molar-refractivity contribution in [2.24, 2.45) is 0 Å². The second-order valence-corrected chi connectivity index (χ2v) is 5.50. The molecule has 1 aromatic heterocycles. The zero-order valence-electron chi connectivity index (χ0n) is 7.84. The second-order valence-electron chi connectivity index (χ2n) is 3.05. The van der Waals surface area contributed by atoms with Gasteiger partial charge in [-0.15, -0.1) is 0 Å². The van der Waals surface area contributed by atoms with Gasteiger partial charge < -0.3 is 4.42 Å². The molecule has 0 N–H and O–H groups in total. The van der Waals surface area contributed by atoms with Crippen molar-refractivity contribution in [1.82, 2.24) is 0 Å². The third-order valence-corrected chi connectivity index (χ3v) is 3.80. The number of hydrogen-bond acceptors (Lipinski definition) is 2. The monoisotopic (exact) mass is 410 g/mol. The maximum Gasteiger partial charge on any atom is 0.230 e. The van der Waals surface area contributed by atoms with Crippen LogP contribution in [0.25, 0.3) is 0 Å². The Bertz CT molecular complexity index is 551. The van der Waals surface area contributed by atoms with Crippen molar-refractivity contribution in [1.29, 1.82) is 0 Å². The lowest BCUT2D eigenvalue weighted by Gasteiger charge is -2.02. The predicted molar refractivity (Wildman–Crippen MR) is 74.0 cm³/mol. The highest BCUT2D eigenvalue weighted by Crippen LogP contribution is 2.25. The van der Waals surface area contributed by atoms with E-state index in [9.17, 15) is 4.79 Å². The normalized spacial score (nSPS) is 10.4. The minimum atomic E-state index is -0.177. The lowest BCUT2D eigenvalue weighted by molar-refractivity contribution is 0.101. The number of furan rings is 1. The van der Waals surface area contributed by atoms with E-state index in [1.807, 2.05) is 0 Å². The Labute approximate surface area is 119 Å². The van der Waals surface area contributed by atoms with Crippen LogP contribution in [-0.2, 0) is 0 Å². The number of rotatable bonds is 2. The van der Waals surface area contributed by atoms with Gasteiger partial charge in [-0.3, -0.25) is 4.79 Å². The van der Waals surface area contributed by atoms with E-state index in [0.717, 1.165) is 3.57 Å². The summed E-state index contributed by atoms with van der Waals surface area (Å²) in [7, 11) is 0. The zero-order chi connectivity index (χ0) is 11.7. The zero-order valence-corrected chi connectivity index (χ0v) is 12.3. The van der Waals surface area contributed by atoms with Gasteiger partial charge in [-0.05, 0) is 62.8 Å². The molecule has 1 heterocycles. The Hall–Kier alpha value is -0.330. The fourth-order valence-corrected chi connectivity index (χ4v) is 2.38. The maximum atomic E-state index is 12.1. The van der Waals surface area contributed by atoms with Crippen LogP contribution in [0.2, 0.25) is 5.02 Å². The van der Waals surface area contributed by atoms with E-state index in [1.54, 1.807) is 24.3 Å². The van der Waals surface area contributed by atoms with Gasteiger partial charge in [-0.25, -0.2) is 0 Å². The first-order valence-electron chi connectivity index (χ1n) is 4.32. The minimum absolute atomic E-state index is 0.177. The van der Waals surface area contributed by atoms with Gasteiger partial charge in [-0.2, -0.15) is 0 Å². The second kappa shape index (κ2) is 4.89. The van der Waals surface area contributed by atoms with Crippen molar-refractivity contribution in [2.75, 3.05) is 0 Å². The Balaban J connectivity index is 2.49. The first kappa shape index (κ1) is 12.1. The smallest absolute Gasteiger partial charge is 0.230 e. The third-order valence-electron chi connectivity index (χ3n) is 2.00. The largest absolute Gasteiger partial charge is 0.460 e. The lowest BCUT2D eigenvalue weighted by Crippen LogP contribution is -2.03. The highest BCUT2D eigenvalue weighted by Gasteiger charge is 2.18. The first-order chi connectivity index (χ1) is 7.59.